The lowest BCUT2D eigenvalue weighted by Crippen LogP contribution is -2.43. The molecule has 0 atom stereocenters. The zero-order valence-electron chi connectivity index (χ0n) is 10.4. The minimum atomic E-state index is 0.550. The van der Waals surface area contributed by atoms with Crippen LogP contribution in [0.3, 0.4) is 0 Å². The summed E-state index contributed by atoms with van der Waals surface area (Å²) >= 11 is 0. The second-order valence-corrected chi connectivity index (χ2v) is 6.19. The average molecular weight is 210 g/mol. The molecule has 88 valence electrons. The van der Waals surface area contributed by atoms with Gasteiger partial charge in [0.25, 0.3) is 0 Å². The van der Waals surface area contributed by atoms with Gasteiger partial charge in [0.1, 0.15) is 0 Å². The zero-order valence-corrected chi connectivity index (χ0v) is 10.4. The highest BCUT2D eigenvalue weighted by molar-refractivity contribution is 4.80. The van der Waals surface area contributed by atoms with Crippen molar-refractivity contribution in [3.63, 3.8) is 0 Å². The summed E-state index contributed by atoms with van der Waals surface area (Å²) in [7, 11) is 0. The highest BCUT2D eigenvalue weighted by Crippen LogP contribution is 2.28. The van der Waals surface area contributed by atoms with Crippen LogP contribution in [-0.2, 0) is 0 Å². The number of hydrogen-bond acceptors (Lipinski definition) is 2. The first kappa shape index (κ1) is 11.4. The van der Waals surface area contributed by atoms with Crippen molar-refractivity contribution in [2.45, 2.75) is 39.5 Å². The topological polar surface area (TPSA) is 15.3 Å². The normalized spacial score (nSPS) is 26.8. The van der Waals surface area contributed by atoms with Gasteiger partial charge >= 0.3 is 0 Å². The third kappa shape index (κ3) is 4.12. The average Bonchev–Trinajstić information content (AvgIpc) is 2.94. The molecule has 2 aliphatic rings. The summed E-state index contributed by atoms with van der Waals surface area (Å²) in [5, 5.41) is 3.58. The summed E-state index contributed by atoms with van der Waals surface area (Å²) in [6, 6.07) is 0. The van der Waals surface area contributed by atoms with Crippen LogP contribution in [0.4, 0.5) is 0 Å². The minimum absolute atomic E-state index is 0.550. The summed E-state index contributed by atoms with van der Waals surface area (Å²) < 4.78 is 0. The number of nitrogens with one attached hydrogen (secondary N) is 1. The van der Waals surface area contributed by atoms with Crippen LogP contribution in [0.1, 0.15) is 39.5 Å². The molecule has 1 N–H and O–H groups in total. The van der Waals surface area contributed by atoms with Gasteiger partial charge in [0.2, 0.25) is 0 Å². The van der Waals surface area contributed by atoms with Crippen LogP contribution in [0.15, 0.2) is 0 Å². The summed E-state index contributed by atoms with van der Waals surface area (Å²) in [6.45, 7) is 11.1. The van der Waals surface area contributed by atoms with E-state index in [-0.39, 0.29) is 0 Å². The predicted molar refractivity (Wildman–Crippen MR) is 65.0 cm³/mol. The smallest absolute Gasteiger partial charge is 0.0107 e. The second kappa shape index (κ2) is 4.84. The van der Waals surface area contributed by atoms with Gasteiger partial charge in [0, 0.05) is 19.6 Å². The van der Waals surface area contributed by atoms with Gasteiger partial charge in [-0.25, -0.2) is 0 Å². The van der Waals surface area contributed by atoms with E-state index in [2.05, 4.69) is 24.1 Å². The fraction of sp³-hybridized carbons (Fsp3) is 1.00. The van der Waals surface area contributed by atoms with Gasteiger partial charge in [-0.15, -0.1) is 0 Å². The number of piperidine rings is 1. The lowest BCUT2D eigenvalue weighted by Gasteiger charge is -2.38. The van der Waals surface area contributed by atoms with Crippen molar-refractivity contribution >= 4 is 0 Å². The Hall–Kier alpha value is -0.0800. The Morgan fingerprint density at radius 1 is 1.33 bits per heavy atom. The van der Waals surface area contributed by atoms with Gasteiger partial charge in [0.05, 0.1) is 0 Å². The summed E-state index contributed by atoms with van der Waals surface area (Å²) in [4.78, 5) is 2.63. The zero-order chi connectivity index (χ0) is 10.7. The summed E-state index contributed by atoms with van der Waals surface area (Å²) in [5.41, 5.74) is 0.550. The first-order valence-electron chi connectivity index (χ1n) is 6.59. The van der Waals surface area contributed by atoms with Gasteiger partial charge in [0.15, 0.2) is 0 Å². The van der Waals surface area contributed by atoms with Crippen LogP contribution in [0, 0.1) is 11.3 Å². The van der Waals surface area contributed by atoms with E-state index in [1.54, 1.807) is 0 Å². The van der Waals surface area contributed by atoms with E-state index >= 15 is 0 Å². The molecule has 2 rings (SSSR count). The Morgan fingerprint density at radius 2 is 2.13 bits per heavy atom. The van der Waals surface area contributed by atoms with E-state index in [9.17, 15) is 0 Å². The maximum Gasteiger partial charge on any atom is 0.0107 e. The molecule has 15 heavy (non-hydrogen) atoms. The Balaban J connectivity index is 1.57. The van der Waals surface area contributed by atoms with E-state index < -0.39 is 0 Å². The fourth-order valence-corrected chi connectivity index (χ4v) is 2.60. The van der Waals surface area contributed by atoms with Crippen LogP contribution in [0.25, 0.3) is 0 Å². The molecule has 2 nitrogen and oxygen atoms in total. The molecule has 1 saturated carbocycles. The molecular formula is C13H26N2. The monoisotopic (exact) mass is 210 g/mol. The van der Waals surface area contributed by atoms with Crippen molar-refractivity contribution < 1.29 is 0 Å². The van der Waals surface area contributed by atoms with E-state index in [4.69, 9.17) is 0 Å². The SMILES string of the molecule is CC1(C)CCCN(CCNCC2CC2)C1. The molecule has 0 aromatic heterocycles. The lowest BCUT2D eigenvalue weighted by molar-refractivity contribution is 0.118. The Bertz CT molecular complexity index is 197. The van der Waals surface area contributed by atoms with Gasteiger partial charge in [-0.1, -0.05) is 13.8 Å². The van der Waals surface area contributed by atoms with E-state index in [0.29, 0.717) is 5.41 Å². The van der Waals surface area contributed by atoms with Crippen LogP contribution in [-0.4, -0.2) is 37.6 Å². The maximum absolute atomic E-state index is 3.58. The third-order valence-corrected chi connectivity index (χ3v) is 3.71. The largest absolute Gasteiger partial charge is 0.315 e. The molecule has 0 radical (unpaired) electrons. The quantitative estimate of drug-likeness (QED) is 0.699. The van der Waals surface area contributed by atoms with Crippen molar-refractivity contribution in [2.24, 2.45) is 11.3 Å². The Kier molecular flexibility index (Phi) is 3.68. The van der Waals surface area contributed by atoms with Crippen molar-refractivity contribution in [3.05, 3.63) is 0 Å². The third-order valence-electron chi connectivity index (χ3n) is 3.71. The molecule has 0 bridgehead atoms. The van der Waals surface area contributed by atoms with Crippen molar-refractivity contribution in [2.75, 3.05) is 32.7 Å². The first-order chi connectivity index (χ1) is 7.16. The summed E-state index contributed by atoms with van der Waals surface area (Å²) in [6.07, 6.45) is 5.71. The lowest BCUT2D eigenvalue weighted by atomic mass is 9.84. The first-order valence-corrected chi connectivity index (χ1v) is 6.59. The summed E-state index contributed by atoms with van der Waals surface area (Å²) in [5.74, 6) is 1.02. The molecule has 1 aliphatic carbocycles. The molecule has 1 heterocycles. The Labute approximate surface area is 94.4 Å². The molecule has 2 fully saturated rings. The van der Waals surface area contributed by atoms with Crippen LogP contribution < -0.4 is 5.32 Å². The van der Waals surface area contributed by atoms with Crippen LogP contribution >= 0.6 is 0 Å². The molecule has 2 heteroatoms. The second-order valence-electron chi connectivity index (χ2n) is 6.19. The molecule has 1 aliphatic heterocycles. The van der Waals surface area contributed by atoms with Gasteiger partial charge in [-0.3, -0.25) is 0 Å². The minimum Gasteiger partial charge on any atom is -0.315 e. The number of nitrogens with zero attached hydrogens (tertiary/aromatic N) is 1. The predicted octanol–water partition coefficient (Wildman–Crippen LogP) is 2.11. The van der Waals surface area contributed by atoms with E-state index in [1.165, 1.54) is 58.4 Å². The molecule has 0 unspecified atom stereocenters. The molecular weight excluding hydrogens is 184 g/mol. The molecule has 0 spiro atoms. The highest BCUT2D eigenvalue weighted by atomic mass is 15.1. The molecule has 0 amide bonds. The van der Waals surface area contributed by atoms with Gasteiger partial charge in [-0.05, 0) is 50.1 Å². The Morgan fingerprint density at radius 3 is 2.80 bits per heavy atom. The highest BCUT2D eigenvalue weighted by Gasteiger charge is 2.26. The van der Waals surface area contributed by atoms with Crippen molar-refractivity contribution in [1.82, 2.24) is 10.2 Å². The van der Waals surface area contributed by atoms with E-state index in [1.807, 2.05) is 0 Å². The van der Waals surface area contributed by atoms with Crippen LogP contribution in [0.5, 0.6) is 0 Å². The number of rotatable bonds is 5. The number of likely N-dealkylation sites (tertiary alicyclic amines) is 1. The standard InChI is InChI=1S/C13H26N2/c1-13(2)6-3-8-15(11-13)9-7-14-10-12-4-5-12/h12,14H,3-11H2,1-2H3. The van der Waals surface area contributed by atoms with Gasteiger partial charge < -0.3 is 10.2 Å². The van der Waals surface area contributed by atoms with Crippen LogP contribution in [0.2, 0.25) is 0 Å². The van der Waals surface area contributed by atoms with Crippen molar-refractivity contribution in [3.8, 4) is 0 Å². The molecule has 1 saturated heterocycles. The maximum atomic E-state index is 3.58. The molecule has 0 aromatic carbocycles. The van der Waals surface area contributed by atoms with Crippen molar-refractivity contribution in [1.29, 1.82) is 0 Å². The fourth-order valence-electron chi connectivity index (χ4n) is 2.60. The van der Waals surface area contributed by atoms with Gasteiger partial charge in [-0.2, -0.15) is 0 Å². The molecule has 0 aromatic rings. The van der Waals surface area contributed by atoms with E-state index in [0.717, 1.165) is 5.92 Å². The number of hydrogen-bond donors (Lipinski definition) is 1.